The molecule has 0 rings (SSSR count). The Bertz CT molecular complexity index is 350. The molecule has 1 unspecified atom stereocenters. The number of nitrogens with zero attached hydrogens (tertiary/aromatic N) is 1. The number of hydrazine groups is 2. The van der Waals surface area contributed by atoms with Gasteiger partial charge in [-0.05, 0) is 6.42 Å². The normalized spacial score (nSPS) is 13.3. The number of rotatable bonds is 5. The monoisotopic (exact) mass is 253 g/mol. The van der Waals surface area contributed by atoms with Crippen LogP contribution < -0.4 is 10.9 Å². The molecule has 0 aromatic carbocycles. The van der Waals surface area contributed by atoms with Crippen molar-refractivity contribution in [2.24, 2.45) is 0 Å². The molecule has 1 atom stereocenters. The van der Waals surface area contributed by atoms with E-state index in [9.17, 15) is 18.0 Å². The molecule has 2 amide bonds. The molecule has 8 nitrogen and oxygen atoms in total. The Kier molecular flexibility index (Phi) is 5.35. The highest BCUT2D eigenvalue weighted by Crippen LogP contribution is 2.06. The number of carbonyl (C=O) groups excluding carboxylic acids is 2. The van der Waals surface area contributed by atoms with Crippen molar-refractivity contribution in [3.05, 3.63) is 0 Å². The third-order valence-electron chi connectivity index (χ3n) is 1.54. The fourth-order valence-electron chi connectivity index (χ4n) is 1.04. The van der Waals surface area contributed by atoms with Gasteiger partial charge in [0.1, 0.15) is 0 Å². The summed E-state index contributed by atoms with van der Waals surface area (Å²) in [6, 6.07) is 0. The number of hydrogen-bond donors (Lipinski definition) is 3. The minimum absolute atomic E-state index is 0.0145. The van der Waals surface area contributed by atoms with E-state index < -0.39 is 27.3 Å². The lowest BCUT2D eigenvalue weighted by Gasteiger charge is -2.27. The molecule has 0 fully saturated rings. The Balaban J connectivity index is 4.97. The molecule has 0 aliphatic heterocycles. The Morgan fingerprint density at radius 3 is 1.81 bits per heavy atom. The highest BCUT2D eigenvalue weighted by molar-refractivity contribution is 7.86. The molecule has 9 heteroatoms. The fraction of sp³-hybridized carbons (Fsp3) is 0.714. The van der Waals surface area contributed by atoms with E-state index in [2.05, 4.69) is 10.9 Å². The minimum Gasteiger partial charge on any atom is -0.284 e. The first-order chi connectivity index (χ1) is 7.18. The summed E-state index contributed by atoms with van der Waals surface area (Å²) in [7, 11) is -4.41. The van der Waals surface area contributed by atoms with Gasteiger partial charge in [0.05, 0.1) is 0 Å². The van der Waals surface area contributed by atoms with E-state index >= 15 is 0 Å². The molecule has 0 bridgehead atoms. The smallest absolute Gasteiger partial charge is 0.284 e. The maximum atomic E-state index is 11.0. The van der Waals surface area contributed by atoms with Crippen LogP contribution in [0.15, 0.2) is 0 Å². The molecule has 3 N–H and O–H groups in total. The lowest BCUT2D eigenvalue weighted by atomic mass is 10.5. The summed E-state index contributed by atoms with van der Waals surface area (Å²) < 4.78 is 30.9. The highest BCUT2D eigenvalue weighted by Gasteiger charge is 2.30. The van der Waals surface area contributed by atoms with Gasteiger partial charge in [-0.15, -0.1) is 5.12 Å². The standard InChI is InChI=1S/C7H15N3O5S/c1-4-7(16(13,14)15)10(8-5(2)11)9-6(3)12/h7H,4H2,1-3H3,(H,8,11)(H,9,12)(H,13,14,15). The van der Waals surface area contributed by atoms with Gasteiger partial charge in [0.15, 0.2) is 5.37 Å². The van der Waals surface area contributed by atoms with Crippen molar-refractivity contribution >= 4 is 21.9 Å². The summed E-state index contributed by atoms with van der Waals surface area (Å²) in [5.74, 6) is -1.15. The molecule has 0 saturated heterocycles. The van der Waals surface area contributed by atoms with Crippen LogP contribution in [-0.2, 0) is 19.7 Å². The van der Waals surface area contributed by atoms with Crippen LogP contribution in [0.1, 0.15) is 27.2 Å². The molecule has 0 spiro atoms. The number of carbonyl (C=O) groups is 2. The van der Waals surface area contributed by atoms with Crippen molar-refractivity contribution in [2.45, 2.75) is 32.6 Å². The molecule has 0 aliphatic carbocycles. The van der Waals surface area contributed by atoms with Gasteiger partial charge in [0.25, 0.3) is 10.1 Å². The van der Waals surface area contributed by atoms with Crippen LogP contribution in [0.2, 0.25) is 0 Å². The van der Waals surface area contributed by atoms with Crippen LogP contribution in [0.25, 0.3) is 0 Å². The SMILES string of the molecule is CCC(N(NC(C)=O)NC(C)=O)S(=O)(=O)O. The van der Waals surface area contributed by atoms with E-state index in [1.807, 2.05) is 0 Å². The summed E-state index contributed by atoms with van der Waals surface area (Å²) >= 11 is 0. The number of hydrogen-bond acceptors (Lipinski definition) is 5. The zero-order chi connectivity index (χ0) is 12.9. The third-order valence-corrected chi connectivity index (χ3v) is 2.77. The maximum absolute atomic E-state index is 11.0. The Morgan fingerprint density at radius 2 is 1.62 bits per heavy atom. The lowest BCUT2D eigenvalue weighted by molar-refractivity contribution is -0.132. The molecule has 0 saturated carbocycles. The van der Waals surface area contributed by atoms with Gasteiger partial charge in [-0.25, -0.2) is 0 Å². The van der Waals surface area contributed by atoms with Crippen LogP contribution in [0.5, 0.6) is 0 Å². The van der Waals surface area contributed by atoms with Gasteiger partial charge in [0, 0.05) is 13.8 Å². The van der Waals surface area contributed by atoms with Gasteiger partial charge < -0.3 is 0 Å². The molecule has 0 aliphatic rings. The summed E-state index contributed by atoms with van der Waals surface area (Å²) in [5.41, 5.74) is 4.18. The van der Waals surface area contributed by atoms with Gasteiger partial charge in [-0.3, -0.25) is 25.0 Å². The molecule has 0 heterocycles. The quantitative estimate of drug-likeness (QED) is 0.428. The Morgan fingerprint density at radius 1 is 1.25 bits per heavy atom. The second kappa shape index (κ2) is 5.77. The predicted octanol–water partition coefficient (Wildman–Crippen LogP) is -0.985. The molecular formula is C7H15N3O5S. The molecular weight excluding hydrogens is 238 g/mol. The van der Waals surface area contributed by atoms with Gasteiger partial charge in [0.2, 0.25) is 11.8 Å². The molecule has 0 aromatic rings. The fourth-order valence-corrected chi connectivity index (χ4v) is 1.83. The van der Waals surface area contributed by atoms with E-state index in [4.69, 9.17) is 4.55 Å². The average Bonchev–Trinajstić information content (AvgIpc) is 1.99. The van der Waals surface area contributed by atoms with Gasteiger partial charge in [-0.1, -0.05) is 6.92 Å². The van der Waals surface area contributed by atoms with E-state index in [0.29, 0.717) is 5.12 Å². The van der Waals surface area contributed by atoms with Crippen molar-refractivity contribution < 1.29 is 22.6 Å². The van der Waals surface area contributed by atoms with Crippen molar-refractivity contribution in [3.63, 3.8) is 0 Å². The molecule has 94 valence electrons. The third kappa shape index (κ3) is 5.05. The zero-order valence-electron chi connectivity index (χ0n) is 9.22. The molecule has 16 heavy (non-hydrogen) atoms. The van der Waals surface area contributed by atoms with Gasteiger partial charge in [-0.2, -0.15) is 8.42 Å². The average molecular weight is 253 g/mol. The van der Waals surface area contributed by atoms with Crippen molar-refractivity contribution in [1.82, 2.24) is 16.0 Å². The lowest BCUT2D eigenvalue weighted by Crippen LogP contribution is -2.58. The summed E-state index contributed by atoms with van der Waals surface area (Å²) in [6.07, 6.45) is -0.0145. The van der Waals surface area contributed by atoms with Crippen molar-refractivity contribution in [3.8, 4) is 0 Å². The first-order valence-electron chi connectivity index (χ1n) is 4.48. The Labute approximate surface area is 93.7 Å². The predicted molar refractivity (Wildman–Crippen MR) is 55.1 cm³/mol. The van der Waals surface area contributed by atoms with Crippen LogP contribution in [-0.4, -0.2) is 35.3 Å². The number of amides is 2. The van der Waals surface area contributed by atoms with Gasteiger partial charge >= 0.3 is 0 Å². The summed E-state index contributed by atoms with van der Waals surface area (Å²) in [5, 5.41) is -0.764. The second-order valence-corrected chi connectivity index (χ2v) is 4.66. The first-order valence-corrected chi connectivity index (χ1v) is 5.98. The molecule has 0 radical (unpaired) electrons. The van der Waals surface area contributed by atoms with Crippen molar-refractivity contribution in [1.29, 1.82) is 0 Å². The number of nitrogens with one attached hydrogen (secondary N) is 2. The zero-order valence-corrected chi connectivity index (χ0v) is 10.0. The largest absolute Gasteiger partial charge is 0.285 e. The van der Waals surface area contributed by atoms with E-state index in [-0.39, 0.29) is 6.42 Å². The Hall–Kier alpha value is -1.19. The minimum atomic E-state index is -4.41. The summed E-state index contributed by atoms with van der Waals surface area (Å²) in [6.45, 7) is 3.77. The van der Waals surface area contributed by atoms with Crippen LogP contribution in [0, 0.1) is 0 Å². The van der Waals surface area contributed by atoms with E-state index in [0.717, 1.165) is 13.8 Å². The van der Waals surface area contributed by atoms with Crippen LogP contribution in [0.3, 0.4) is 0 Å². The first kappa shape index (κ1) is 14.8. The highest BCUT2D eigenvalue weighted by atomic mass is 32.2. The van der Waals surface area contributed by atoms with Crippen molar-refractivity contribution in [2.75, 3.05) is 0 Å². The topological polar surface area (TPSA) is 116 Å². The van der Waals surface area contributed by atoms with E-state index in [1.165, 1.54) is 6.92 Å². The van der Waals surface area contributed by atoms with Crippen LogP contribution >= 0.6 is 0 Å². The van der Waals surface area contributed by atoms with E-state index in [1.54, 1.807) is 0 Å². The molecule has 0 aromatic heterocycles. The second-order valence-electron chi connectivity index (χ2n) is 3.08. The van der Waals surface area contributed by atoms with Crippen LogP contribution in [0.4, 0.5) is 0 Å². The maximum Gasteiger partial charge on any atom is 0.285 e. The summed E-state index contributed by atoms with van der Waals surface area (Å²) in [4.78, 5) is 21.6.